The first kappa shape index (κ1) is 17.4. The van der Waals surface area contributed by atoms with Crippen LogP contribution in [0.25, 0.3) is 0 Å². The third kappa shape index (κ3) is 5.64. The molecule has 0 aliphatic rings. The zero-order valence-electron chi connectivity index (χ0n) is 12.6. The number of amides is 1. The maximum atomic E-state index is 12.2. The molecule has 2 rings (SSSR count). The minimum absolute atomic E-state index is 0.262. The van der Waals surface area contributed by atoms with Gasteiger partial charge in [0, 0.05) is 0 Å². The summed E-state index contributed by atoms with van der Waals surface area (Å²) in [7, 11) is 0. The van der Waals surface area contributed by atoms with Crippen molar-refractivity contribution in [1.82, 2.24) is 5.32 Å². The monoisotopic (exact) mass is 350 g/mol. The van der Waals surface area contributed by atoms with Crippen molar-refractivity contribution < 1.29 is 25.6 Å². The van der Waals surface area contributed by atoms with Gasteiger partial charge in [-0.25, -0.2) is 0 Å². The molecule has 0 heterocycles. The van der Waals surface area contributed by atoms with Crippen molar-refractivity contribution in [2.24, 2.45) is 5.73 Å². The normalized spacial score (nSPS) is 13.1. The number of carbonyl (C=O) groups excluding carboxylic acids is 2. The Morgan fingerprint density at radius 2 is 1.39 bits per heavy atom. The Balaban J connectivity index is 1.96. The Kier molecular flexibility index (Phi) is 6.53. The van der Waals surface area contributed by atoms with Crippen LogP contribution in [0.5, 0.6) is 0 Å². The van der Waals surface area contributed by atoms with Gasteiger partial charge in [0.1, 0.15) is 0 Å². The van der Waals surface area contributed by atoms with E-state index in [2.05, 4.69) is 21.3 Å². The quantitative estimate of drug-likeness (QED) is 0.741. The van der Waals surface area contributed by atoms with Crippen molar-refractivity contribution in [2.45, 2.75) is 24.9 Å². The molecule has 2 aromatic carbocycles. The number of nitrogens with one attached hydrogen (secondary N) is 1. The van der Waals surface area contributed by atoms with E-state index in [9.17, 15) is 9.59 Å². The van der Waals surface area contributed by atoms with Crippen molar-refractivity contribution in [3.8, 4) is 0 Å². The van der Waals surface area contributed by atoms with E-state index in [1.54, 1.807) is 0 Å². The van der Waals surface area contributed by atoms with Crippen molar-refractivity contribution in [3.63, 3.8) is 0 Å². The van der Waals surface area contributed by atoms with E-state index < -0.39 is 12.1 Å². The predicted octanol–water partition coefficient (Wildman–Crippen LogP) is 1.36. The Morgan fingerprint density at radius 1 is 0.913 bits per heavy atom. The van der Waals surface area contributed by atoms with Gasteiger partial charge in [-0.3, -0.25) is 0 Å². The Hall–Kier alpha value is -1.94. The first-order chi connectivity index (χ1) is 11.1. The summed E-state index contributed by atoms with van der Waals surface area (Å²) in [4.78, 5) is 24.0. The topological polar surface area (TPSA) is 72.2 Å². The number of nitrogens with two attached hydrogens (primary N) is 1. The summed E-state index contributed by atoms with van der Waals surface area (Å²) < 4.78 is -0.262. The Bertz CT molecular complexity index is 647. The number of hydrogen-bond acceptors (Lipinski definition) is 3. The fourth-order valence-corrected chi connectivity index (χ4v) is 2.48. The molecule has 0 bridgehead atoms. The van der Waals surface area contributed by atoms with Gasteiger partial charge in [-0.15, -0.1) is 0 Å². The van der Waals surface area contributed by atoms with E-state index in [0.717, 1.165) is 11.1 Å². The maximum absolute atomic E-state index is 12.2. The van der Waals surface area contributed by atoms with Crippen molar-refractivity contribution in [2.75, 3.05) is 0 Å². The van der Waals surface area contributed by atoms with Crippen molar-refractivity contribution >= 4 is 10.6 Å². The number of rotatable bonds is 7. The van der Waals surface area contributed by atoms with E-state index >= 15 is 0 Å². The molecule has 3 N–H and O–H groups in total. The molecule has 0 aromatic heterocycles. The summed E-state index contributed by atoms with van der Waals surface area (Å²) >= 11 is 2.95. The Morgan fingerprint density at radius 3 is 1.87 bits per heavy atom. The molecule has 4 nitrogen and oxygen atoms in total. The van der Waals surface area contributed by atoms with Crippen LogP contribution < -0.4 is 11.1 Å². The van der Waals surface area contributed by atoms with Crippen LogP contribution in [0.2, 0.25) is 0 Å². The zero-order chi connectivity index (χ0) is 16.7. The molecule has 0 spiro atoms. The van der Waals surface area contributed by atoms with Gasteiger partial charge >= 0.3 is 144 Å². The van der Waals surface area contributed by atoms with Crippen LogP contribution in [0, 0.1) is 0 Å². The van der Waals surface area contributed by atoms with Crippen LogP contribution in [-0.2, 0) is 38.4 Å². The summed E-state index contributed by atoms with van der Waals surface area (Å²) in [5, 5.41) is 2.72. The molecule has 5 heteroatoms. The molecule has 2 aromatic rings. The van der Waals surface area contributed by atoms with Crippen LogP contribution in [0.4, 0.5) is 0 Å². The number of hydrogen-bond donors (Lipinski definition) is 2. The van der Waals surface area contributed by atoms with Crippen LogP contribution in [0.3, 0.4) is 0 Å². The fourth-order valence-electron chi connectivity index (χ4n) is 2.28. The van der Waals surface area contributed by atoms with Gasteiger partial charge in [0.25, 0.3) is 0 Å². The molecule has 0 saturated carbocycles. The predicted molar refractivity (Wildman–Crippen MR) is 85.2 cm³/mol. The van der Waals surface area contributed by atoms with E-state index in [0.29, 0.717) is 12.8 Å². The SMILES string of the molecule is N[C@@H](Cc1ccccc1)C(=O)N[C@@H](Cc1ccccc1)[C](=O)[Mn]. The van der Waals surface area contributed by atoms with E-state index in [4.69, 9.17) is 5.73 Å². The van der Waals surface area contributed by atoms with Crippen LogP contribution in [-0.4, -0.2) is 22.7 Å². The van der Waals surface area contributed by atoms with Gasteiger partial charge in [-0.1, -0.05) is 0 Å². The molecular formula is C18H19MnN2O2. The fraction of sp³-hybridized carbons (Fsp3) is 0.222. The molecule has 1 amide bonds. The van der Waals surface area contributed by atoms with Gasteiger partial charge in [-0.2, -0.15) is 0 Å². The first-order valence-corrected chi connectivity index (χ1v) is 7.98. The Labute approximate surface area is 144 Å². The molecule has 23 heavy (non-hydrogen) atoms. The summed E-state index contributed by atoms with van der Waals surface area (Å²) in [5.74, 6) is -0.331. The number of carbonyl (C=O) groups is 2. The van der Waals surface area contributed by atoms with E-state index in [-0.39, 0.29) is 10.6 Å². The standard InChI is InChI=1S/C18H19N2O2.Mn/c19-17(12-15-9-5-2-6-10-15)18(22)20-16(13-21)11-14-7-3-1-4-8-14;/h1-10,16-17H,11-12,19H2,(H,20,22);/t16-,17-;/m0./s1. The average Bonchev–Trinajstić information content (AvgIpc) is 2.56. The molecule has 0 fully saturated rings. The van der Waals surface area contributed by atoms with Gasteiger partial charge < -0.3 is 0 Å². The van der Waals surface area contributed by atoms with Gasteiger partial charge in [0.2, 0.25) is 0 Å². The minimum atomic E-state index is -0.692. The summed E-state index contributed by atoms with van der Waals surface area (Å²) in [6.07, 6.45) is 0.857. The molecule has 0 radical (unpaired) electrons. The number of benzene rings is 2. The molecule has 0 aliphatic carbocycles. The molecule has 120 valence electrons. The van der Waals surface area contributed by atoms with Crippen molar-refractivity contribution in [3.05, 3.63) is 71.8 Å². The second-order valence-electron chi connectivity index (χ2n) is 5.35. The molecular weight excluding hydrogens is 331 g/mol. The van der Waals surface area contributed by atoms with Crippen LogP contribution in [0.15, 0.2) is 60.7 Å². The molecule has 0 saturated heterocycles. The van der Waals surface area contributed by atoms with Gasteiger partial charge in [0.05, 0.1) is 0 Å². The van der Waals surface area contributed by atoms with Crippen LogP contribution in [0.1, 0.15) is 11.1 Å². The third-order valence-corrected chi connectivity index (χ3v) is 3.92. The average molecular weight is 350 g/mol. The second-order valence-corrected chi connectivity index (χ2v) is 5.93. The summed E-state index contributed by atoms with van der Waals surface area (Å²) in [6.45, 7) is 0. The zero-order valence-corrected chi connectivity index (χ0v) is 13.8. The van der Waals surface area contributed by atoms with E-state index in [1.807, 2.05) is 60.7 Å². The molecule has 2 atom stereocenters. The molecule has 0 aliphatic heterocycles. The van der Waals surface area contributed by atoms with Gasteiger partial charge in [-0.05, 0) is 0 Å². The first-order valence-electron chi connectivity index (χ1n) is 7.39. The molecule has 0 unspecified atom stereocenters. The summed E-state index contributed by atoms with van der Waals surface area (Å²) in [6, 6.07) is 17.8. The van der Waals surface area contributed by atoms with E-state index in [1.165, 1.54) is 0 Å². The van der Waals surface area contributed by atoms with Crippen molar-refractivity contribution in [1.29, 1.82) is 0 Å². The summed E-state index contributed by atoms with van der Waals surface area (Å²) in [5.41, 5.74) is 7.91. The van der Waals surface area contributed by atoms with Crippen LogP contribution >= 0.6 is 0 Å². The van der Waals surface area contributed by atoms with Gasteiger partial charge in [0.15, 0.2) is 0 Å². The third-order valence-electron chi connectivity index (χ3n) is 3.51. The second kappa shape index (κ2) is 8.63.